The van der Waals surface area contributed by atoms with Crippen LogP contribution < -0.4 is 14.8 Å². The largest absolute Gasteiger partial charge is 0.493 e. The minimum absolute atomic E-state index is 0.123. The molecule has 8 heteroatoms. The lowest BCUT2D eigenvalue weighted by molar-refractivity contribution is -0.150. The maximum atomic E-state index is 12.9. The van der Waals surface area contributed by atoms with Gasteiger partial charge in [-0.2, -0.15) is 0 Å². The molecular weight excluding hydrogens is 448 g/mol. The number of benzene rings is 2. The normalized spacial score (nSPS) is 12.4. The predicted octanol–water partition coefficient (Wildman–Crippen LogP) is 3.90. The Bertz CT molecular complexity index is 1130. The lowest BCUT2D eigenvalue weighted by atomic mass is 9.87. The lowest BCUT2D eigenvalue weighted by Gasteiger charge is -2.26. The molecule has 0 saturated carbocycles. The van der Waals surface area contributed by atoms with Gasteiger partial charge in [0.1, 0.15) is 12.1 Å². The summed E-state index contributed by atoms with van der Waals surface area (Å²) in [4.78, 5) is 41.3. The Labute approximate surface area is 204 Å². The number of amides is 1. The molecule has 8 nitrogen and oxygen atoms in total. The fraction of sp³-hybridized carbons (Fsp3) is 0.259. The van der Waals surface area contributed by atoms with Gasteiger partial charge >= 0.3 is 11.9 Å². The highest BCUT2D eigenvalue weighted by Crippen LogP contribution is 2.31. The molecule has 0 spiro atoms. The molecule has 0 saturated heterocycles. The van der Waals surface area contributed by atoms with E-state index in [1.165, 1.54) is 33.2 Å². The highest BCUT2D eigenvalue weighted by atomic mass is 16.6. The van der Waals surface area contributed by atoms with Gasteiger partial charge in [-0.3, -0.25) is 9.59 Å². The molecule has 1 N–H and O–H groups in total. The van der Waals surface area contributed by atoms with Crippen LogP contribution in [0, 0.1) is 0 Å². The molecule has 182 valence electrons. The first-order chi connectivity index (χ1) is 16.8. The van der Waals surface area contributed by atoms with Crippen LogP contribution in [0.2, 0.25) is 0 Å². The average molecular weight is 477 g/mol. The summed E-state index contributed by atoms with van der Waals surface area (Å²) in [5.74, 6) is -2.11. The zero-order valence-corrected chi connectivity index (χ0v) is 20.1. The van der Waals surface area contributed by atoms with Gasteiger partial charge in [-0.15, -0.1) is 0 Å². The molecule has 1 heterocycles. The number of carbonyl (C=O) groups is 3. The smallest absolute Gasteiger partial charge is 0.328 e. The second kappa shape index (κ2) is 11.8. The van der Waals surface area contributed by atoms with Gasteiger partial charge in [0, 0.05) is 25.1 Å². The molecule has 3 rings (SSSR count). The number of carbonyl (C=O) groups excluding carboxylic acids is 3. The Morgan fingerprint density at radius 3 is 1.97 bits per heavy atom. The number of nitrogens with zero attached hydrogens (tertiary/aromatic N) is 1. The summed E-state index contributed by atoms with van der Waals surface area (Å²) < 4.78 is 16.1. The number of methoxy groups -OCH3 is 1. The molecule has 35 heavy (non-hydrogen) atoms. The fourth-order valence-electron chi connectivity index (χ4n) is 3.73. The predicted molar refractivity (Wildman–Crippen MR) is 129 cm³/mol. The zero-order chi connectivity index (χ0) is 25.4. The number of ether oxygens (including phenoxy) is 3. The second-order valence-electron chi connectivity index (χ2n) is 7.92. The van der Waals surface area contributed by atoms with Gasteiger partial charge in [0.2, 0.25) is 5.75 Å². The average Bonchev–Trinajstić information content (AvgIpc) is 2.85. The first-order valence-electron chi connectivity index (χ1n) is 11.1. The summed E-state index contributed by atoms with van der Waals surface area (Å²) in [5.41, 5.74) is 1.82. The molecule has 1 aromatic heterocycles. The van der Waals surface area contributed by atoms with Crippen LogP contribution in [0.15, 0.2) is 72.9 Å². The van der Waals surface area contributed by atoms with E-state index in [1.54, 1.807) is 0 Å². The van der Waals surface area contributed by atoms with E-state index < -0.39 is 30.0 Å². The van der Waals surface area contributed by atoms with Gasteiger partial charge in [0.15, 0.2) is 11.4 Å². The van der Waals surface area contributed by atoms with Crippen molar-refractivity contribution in [2.75, 3.05) is 7.11 Å². The number of rotatable bonds is 9. The van der Waals surface area contributed by atoms with Crippen LogP contribution in [-0.2, 0) is 14.3 Å². The standard InChI is InChI=1S/C27H28N2O6/c1-17(29-26(31)24-25(35-19(3)30)22(33-4)15-16-28-24)27(32)34-18(2)23(20-11-7-5-8-12-20)21-13-9-6-10-14-21/h5-18,23H,1-4H3,(H,29,31)/t17-,18?/m0/s1. The van der Waals surface area contributed by atoms with E-state index in [2.05, 4.69) is 10.3 Å². The minimum Gasteiger partial charge on any atom is -0.493 e. The Hall–Kier alpha value is -4.20. The van der Waals surface area contributed by atoms with E-state index in [1.807, 2.05) is 67.6 Å². The molecule has 2 aromatic carbocycles. The maximum Gasteiger partial charge on any atom is 0.328 e. The van der Waals surface area contributed by atoms with Crippen molar-refractivity contribution in [1.29, 1.82) is 0 Å². The van der Waals surface area contributed by atoms with Crippen LogP contribution >= 0.6 is 0 Å². The third-order valence-corrected chi connectivity index (χ3v) is 5.34. The SMILES string of the molecule is COc1ccnc(C(=O)N[C@@H](C)C(=O)OC(C)C(c2ccccc2)c2ccccc2)c1OC(C)=O. The number of pyridine rings is 1. The summed E-state index contributed by atoms with van der Waals surface area (Å²) in [6, 6.07) is 20.0. The van der Waals surface area contributed by atoms with Gasteiger partial charge in [-0.1, -0.05) is 60.7 Å². The van der Waals surface area contributed by atoms with E-state index in [-0.39, 0.29) is 23.1 Å². The second-order valence-corrected chi connectivity index (χ2v) is 7.92. The number of hydrogen-bond acceptors (Lipinski definition) is 7. The minimum atomic E-state index is -0.990. The number of esters is 2. The Balaban J connectivity index is 1.75. The Morgan fingerprint density at radius 1 is 0.886 bits per heavy atom. The fourth-order valence-corrected chi connectivity index (χ4v) is 3.73. The molecule has 0 aliphatic rings. The van der Waals surface area contributed by atoms with E-state index in [4.69, 9.17) is 14.2 Å². The number of aromatic nitrogens is 1. The Morgan fingerprint density at radius 2 is 1.46 bits per heavy atom. The monoisotopic (exact) mass is 476 g/mol. The van der Waals surface area contributed by atoms with Crippen molar-refractivity contribution in [2.24, 2.45) is 0 Å². The molecule has 1 amide bonds. The molecule has 0 aliphatic heterocycles. The van der Waals surface area contributed by atoms with Crippen LogP contribution in [0.3, 0.4) is 0 Å². The van der Waals surface area contributed by atoms with Gasteiger partial charge in [-0.05, 0) is 25.0 Å². The summed E-state index contributed by atoms with van der Waals surface area (Å²) in [6.07, 6.45) is 0.828. The first kappa shape index (κ1) is 25.4. The third kappa shape index (κ3) is 6.44. The van der Waals surface area contributed by atoms with Crippen LogP contribution in [0.25, 0.3) is 0 Å². The summed E-state index contributed by atoms with van der Waals surface area (Å²) >= 11 is 0. The van der Waals surface area contributed by atoms with E-state index in [0.717, 1.165) is 11.1 Å². The molecule has 0 bridgehead atoms. The first-order valence-corrected chi connectivity index (χ1v) is 11.1. The molecule has 0 aliphatic carbocycles. The van der Waals surface area contributed by atoms with Crippen molar-refractivity contribution in [1.82, 2.24) is 10.3 Å². The highest BCUT2D eigenvalue weighted by Gasteiger charge is 2.29. The molecule has 3 aromatic rings. The summed E-state index contributed by atoms with van der Waals surface area (Å²) in [7, 11) is 1.38. The van der Waals surface area contributed by atoms with Crippen LogP contribution in [-0.4, -0.2) is 42.1 Å². The van der Waals surface area contributed by atoms with Crippen molar-refractivity contribution in [2.45, 2.75) is 38.8 Å². The van der Waals surface area contributed by atoms with E-state index in [0.29, 0.717) is 0 Å². The topological polar surface area (TPSA) is 104 Å². The Kier molecular flexibility index (Phi) is 8.56. The van der Waals surface area contributed by atoms with Gasteiger partial charge in [0.05, 0.1) is 7.11 Å². The van der Waals surface area contributed by atoms with Crippen molar-refractivity contribution >= 4 is 17.8 Å². The molecular formula is C27H28N2O6. The highest BCUT2D eigenvalue weighted by molar-refractivity contribution is 5.98. The van der Waals surface area contributed by atoms with Gasteiger partial charge < -0.3 is 19.5 Å². The molecule has 0 radical (unpaired) electrons. The van der Waals surface area contributed by atoms with Crippen LogP contribution in [0.1, 0.15) is 48.3 Å². The van der Waals surface area contributed by atoms with Crippen molar-refractivity contribution < 1.29 is 28.6 Å². The zero-order valence-electron chi connectivity index (χ0n) is 20.1. The van der Waals surface area contributed by atoms with Crippen LogP contribution in [0.4, 0.5) is 0 Å². The summed E-state index contributed by atoms with van der Waals surface area (Å²) in [6.45, 7) is 4.53. The number of nitrogens with one attached hydrogen (secondary N) is 1. The van der Waals surface area contributed by atoms with E-state index >= 15 is 0 Å². The third-order valence-electron chi connectivity index (χ3n) is 5.34. The quantitative estimate of drug-likeness (QED) is 0.467. The number of hydrogen-bond donors (Lipinski definition) is 1. The molecule has 0 fully saturated rings. The molecule has 1 unspecified atom stereocenters. The molecule has 2 atom stereocenters. The summed E-state index contributed by atoms with van der Waals surface area (Å²) in [5, 5.41) is 2.56. The van der Waals surface area contributed by atoms with Crippen molar-refractivity contribution in [3.05, 3.63) is 89.7 Å². The lowest BCUT2D eigenvalue weighted by Crippen LogP contribution is -2.41. The van der Waals surface area contributed by atoms with E-state index in [9.17, 15) is 14.4 Å². The van der Waals surface area contributed by atoms with Gasteiger partial charge in [0.25, 0.3) is 5.91 Å². The van der Waals surface area contributed by atoms with Crippen molar-refractivity contribution in [3.8, 4) is 11.5 Å². The van der Waals surface area contributed by atoms with Crippen molar-refractivity contribution in [3.63, 3.8) is 0 Å². The van der Waals surface area contributed by atoms with Gasteiger partial charge in [-0.25, -0.2) is 9.78 Å². The maximum absolute atomic E-state index is 12.9. The van der Waals surface area contributed by atoms with Crippen LogP contribution in [0.5, 0.6) is 11.5 Å².